The van der Waals surface area contributed by atoms with Crippen LogP contribution < -0.4 is 9.47 Å². The highest BCUT2D eigenvalue weighted by Crippen LogP contribution is 2.34. The van der Waals surface area contributed by atoms with Crippen LogP contribution >= 0.6 is 0 Å². The fraction of sp³-hybridized carbons (Fsp3) is 0.257. The Morgan fingerprint density at radius 1 is 0.829 bits per heavy atom. The fourth-order valence-corrected chi connectivity index (χ4v) is 3.88. The second-order valence-electron chi connectivity index (χ2n) is 8.50. The largest absolute Gasteiger partial charge is 0.497 e. The van der Waals surface area contributed by atoms with Crippen molar-refractivity contribution in [2.45, 2.75) is 41.0 Å². The van der Waals surface area contributed by atoms with Crippen molar-refractivity contribution in [1.82, 2.24) is 9.97 Å². The van der Waals surface area contributed by atoms with Gasteiger partial charge in [-0.15, -0.1) is 0 Å². The minimum absolute atomic E-state index is 0.631. The molecule has 5 aromatic rings. The van der Waals surface area contributed by atoms with Gasteiger partial charge in [0.1, 0.15) is 11.3 Å². The third kappa shape index (κ3) is 8.45. The molecule has 216 valence electrons. The molecule has 0 fully saturated rings. The molecule has 5 rings (SSSR count). The van der Waals surface area contributed by atoms with Gasteiger partial charge in [0.15, 0.2) is 17.1 Å². The van der Waals surface area contributed by atoms with Gasteiger partial charge >= 0.3 is 0 Å². The first-order valence-corrected chi connectivity index (χ1v) is 13.8. The highest BCUT2D eigenvalue weighted by Gasteiger charge is 2.12. The lowest BCUT2D eigenvalue weighted by Crippen LogP contribution is -1.95. The summed E-state index contributed by atoms with van der Waals surface area (Å²) in [5.74, 6) is 2.68. The molecule has 0 saturated carbocycles. The third-order valence-electron chi connectivity index (χ3n) is 5.94. The number of oxazole rings is 1. The molecule has 0 radical (unpaired) electrons. The van der Waals surface area contributed by atoms with Gasteiger partial charge in [-0.1, -0.05) is 65.1 Å². The Bertz CT molecular complexity index is 1560. The molecule has 0 N–H and O–H groups in total. The average molecular weight is 555 g/mol. The van der Waals surface area contributed by atoms with Crippen LogP contribution in [0.3, 0.4) is 0 Å². The molecule has 0 aliphatic carbocycles. The second-order valence-corrected chi connectivity index (χ2v) is 8.50. The van der Waals surface area contributed by atoms with Gasteiger partial charge in [-0.2, -0.15) is 0 Å². The Morgan fingerprint density at radius 2 is 1.49 bits per heavy atom. The maximum Gasteiger partial charge on any atom is 0.227 e. The van der Waals surface area contributed by atoms with Crippen molar-refractivity contribution in [1.29, 1.82) is 0 Å². The quantitative estimate of drug-likeness (QED) is 0.147. The number of nitrogens with zero attached hydrogens (tertiary/aromatic N) is 2. The molecule has 0 atom stereocenters. The van der Waals surface area contributed by atoms with E-state index in [1.807, 2.05) is 95.5 Å². The van der Waals surface area contributed by atoms with Crippen LogP contribution in [0.15, 0.2) is 102 Å². The molecule has 0 unspecified atom stereocenters. The SMILES string of the molecule is C=C(C)C(=C)OC.CC.CC.COc1cc2cncc(Cc3ccc4oc(-c5ccccc5)nc4c3)c2cc1OC. The number of ether oxygens (including phenoxy) is 3. The van der Waals surface area contributed by atoms with Gasteiger partial charge in [-0.25, -0.2) is 4.98 Å². The molecule has 0 amide bonds. The van der Waals surface area contributed by atoms with Crippen LogP contribution in [-0.4, -0.2) is 31.3 Å². The first kappa shape index (κ1) is 32.6. The lowest BCUT2D eigenvalue weighted by atomic mass is 10.00. The van der Waals surface area contributed by atoms with E-state index in [9.17, 15) is 0 Å². The Hall–Kier alpha value is -4.58. The van der Waals surface area contributed by atoms with Gasteiger partial charge in [0.05, 0.1) is 21.3 Å². The van der Waals surface area contributed by atoms with Crippen LogP contribution in [0.2, 0.25) is 0 Å². The van der Waals surface area contributed by atoms with Gasteiger partial charge in [-0.05, 0) is 71.8 Å². The van der Waals surface area contributed by atoms with E-state index >= 15 is 0 Å². The number of allylic oxidation sites excluding steroid dienone is 1. The summed E-state index contributed by atoms with van der Waals surface area (Å²) in [6, 6.07) is 20.0. The predicted octanol–water partition coefficient (Wildman–Crippen LogP) is 9.43. The van der Waals surface area contributed by atoms with Crippen LogP contribution in [0.25, 0.3) is 33.3 Å². The lowest BCUT2D eigenvalue weighted by molar-refractivity contribution is 0.303. The minimum atomic E-state index is 0.631. The van der Waals surface area contributed by atoms with E-state index in [1.54, 1.807) is 21.3 Å². The molecule has 3 aromatic carbocycles. The lowest BCUT2D eigenvalue weighted by Gasteiger charge is -2.11. The molecule has 0 aliphatic heterocycles. The summed E-state index contributed by atoms with van der Waals surface area (Å²) in [4.78, 5) is 9.09. The first-order valence-electron chi connectivity index (χ1n) is 13.8. The van der Waals surface area contributed by atoms with E-state index in [1.165, 1.54) is 0 Å². The molecule has 0 spiro atoms. The summed E-state index contributed by atoms with van der Waals surface area (Å²) >= 11 is 0. The zero-order valence-electron chi connectivity index (χ0n) is 25.6. The predicted molar refractivity (Wildman–Crippen MR) is 171 cm³/mol. The number of hydrogen-bond acceptors (Lipinski definition) is 6. The highest BCUT2D eigenvalue weighted by atomic mass is 16.5. The van der Waals surface area contributed by atoms with E-state index < -0.39 is 0 Å². The Kier molecular flexibility index (Phi) is 13.1. The maximum absolute atomic E-state index is 5.93. The van der Waals surface area contributed by atoms with Gasteiger partial charge in [0.2, 0.25) is 5.89 Å². The van der Waals surface area contributed by atoms with Crippen LogP contribution in [-0.2, 0) is 11.2 Å². The van der Waals surface area contributed by atoms with Crippen molar-refractivity contribution in [2.24, 2.45) is 0 Å². The van der Waals surface area contributed by atoms with E-state index in [0.717, 1.165) is 50.6 Å². The number of benzene rings is 3. The summed E-state index contributed by atoms with van der Waals surface area (Å²) in [7, 11) is 4.86. The molecular formula is C35H42N2O4. The summed E-state index contributed by atoms with van der Waals surface area (Å²) in [5.41, 5.74) is 5.72. The average Bonchev–Trinajstić information content (AvgIpc) is 3.46. The first-order chi connectivity index (χ1) is 19.9. The zero-order valence-corrected chi connectivity index (χ0v) is 25.6. The van der Waals surface area contributed by atoms with E-state index in [0.29, 0.717) is 23.1 Å². The van der Waals surface area contributed by atoms with Crippen LogP contribution in [0, 0.1) is 0 Å². The van der Waals surface area contributed by atoms with Crippen LogP contribution in [0.4, 0.5) is 0 Å². The number of aromatic nitrogens is 2. The topological polar surface area (TPSA) is 66.6 Å². The second kappa shape index (κ2) is 16.5. The summed E-state index contributed by atoms with van der Waals surface area (Å²) in [6.07, 6.45) is 4.47. The molecule has 0 saturated heterocycles. The summed E-state index contributed by atoms with van der Waals surface area (Å²) < 4.78 is 21.6. The van der Waals surface area contributed by atoms with Crippen molar-refractivity contribution in [3.8, 4) is 23.0 Å². The summed E-state index contributed by atoms with van der Waals surface area (Å²) in [6.45, 7) is 17.0. The Morgan fingerprint density at radius 3 is 2.07 bits per heavy atom. The summed E-state index contributed by atoms with van der Waals surface area (Å²) in [5, 5.41) is 2.10. The molecule has 6 heteroatoms. The normalized spacial score (nSPS) is 9.76. The van der Waals surface area contributed by atoms with E-state index in [2.05, 4.69) is 35.3 Å². The van der Waals surface area contributed by atoms with Crippen molar-refractivity contribution in [3.63, 3.8) is 0 Å². The zero-order chi connectivity index (χ0) is 30.4. The third-order valence-corrected chi connectivity index (χ3v) is 5.94. The maximum atomic E-state index is 5.93. The van der Waals surface area contributed by atoms with E-state index in [-0.39, 0.29) is 0 Å². The monoisotopic (exact) mass is 554 g/mol. The molecule has 6 nitrogen and oxygen atoms in total. The van der Waals surface area contributed by atoms with Crippen molar-refractivity contribution in [3.05, 3.63) is 109 Å². The minimum Gasteiger partial charge on any atom is -0.497 e. The fourth-order valence-electron chi connectivity index (χ4n) is 3.88. The molecule has 0 bridgehead atoms. The van der Waals surface area contributed by atoms with E-state index in [4.69, 9.17) is 18.6 Å². The number of fused-ring (bicyclic) bond motifs is 2. The van der Waals surface area contributed by atoms with Crippen LogP contribution in [0.1, 0.15) is 45.7 Å². The van der Waals surface area contributed by atoms with Crippen molar-refractivity contribution in [2.75, 3.05) is 21.3 Å². The van der Waals surface area contributed by atoms with Gasteiger partial charge < -0.3 is 18.6 Å². The molecule has 2 aromatic heterocycles. The molecule has 2 heterocycles. The van der Waals surface area contributed by atoms with Crippen molar-refractivity contribution < 1.29 is 18.6 Å². The van der Waals surface area contributed by atoms with Gasteiger partial charge in [0.25, 0.3) is 0 Å². The molecule has 0 aliphatic rings. The standard InChI is InChI=1S/C25H20N2O3.C6H10O.2C2H6/c1-28-23-12-19-15-26-14-18(20(19)13-24(23)29-2)10-16-8-9-22-21(11-16)27-25(30-22)17-6-4-3-5-7-17;1-5(2)6(3)7-4;2*1-2/h3-9,11-15H,10H2,1-2H3;1,3H2,2,4H3;2*1-2H3. The van der Waals surface area contributed by atoms with Gasteiger partial charge in [-0.3, -0.25) is 4.98 Å². The van der Waals surface area contributed by atoms with Crippen molar-refractivity contribution >= 4 is 21.9 Å². The molecule has 41 heavy (non-hydrogen) atoms. The number of rotatable bonds is 7. The van der Waals surface area contributed by atoms with Crippen LogP contribution in [0.5, 0.6) is 11.5 Å². The number of methoxy groups -OCH3 is 3. The number of pyridine rings is 1. The Labute approximate surface area is 244 Å². The smallest absolute Gasteiger partial charge is 0.227 e. The number of hydrogen-bond donors (Lipinski definition) is 0. The van der Waals surface area contributed by atoms with Gasteiger partial charge in [0, 0.05) is 23.3 Å². The highest BCUT2D eigenvalue weighted by molar-refractivity contribution is 5.88. The molecular weight excluding hydrogens is 512 g/mol. The Balaban J connectivity index is 0.000000465.